The zero-order valence-electron chi connectivity index (χ0n) is 8.25. The lowest BCUT2D eigenvalue weighted by Crippen LogP contribution is -2.39. The first-order valence-electron chi connectivity index (χ1n) is 5.17. The van der Waals surface area contributed by atoms with E-state index in [1.807, 2.05) is 4.90 Å². The summed E-state index contributed by atoms with van der Waals surface area (Å²) in [7, 11) is 0. The minimum atomic E-state index is -0.135. The van der Waals surface area contributed by atoms with Crippen LogP contribution in [-0.2, 0) is 4.79 Å². The fourth-order valence-electron chi connectivity index (χ4n) is 2.11. The first kappa shape index (κ1) is 9.00. The highest BCUT2D eigenvalue weighted by atomic mass is 16.2. The Balaban J connectivity index is 1.98. The zero-order chi connectivity index (χ0) is 9.47. The molecule has 1 amide bonds. The maximum Gasteiger partial charge on any atom is 0.230 e. The molecule has 1 saturated carbocycles. The van der Waals surface area contributed by atoms with Gasteiger partial charge in [-0.25, -0.2) is 0 Å². The van der Waals surface area contributed by atoms with Crippen LogP contribution in [0.3, 0.4) is 0 Å². The fourth-order valence-corrected chi connectivity index (χ4v) is 2.11. The Morgan fingerprint density at radius 1 is 1.62 bits per heavy atom. The Kier molecular flexibility index (Phi) is 2.06. The minimum Gasteiger partial charge on any atom is -0.342 e. The number of carbonyl (C=O) groups is 1. The van der Waals surface area contributed by atoms with Gasteiger partial charge in [-0.2, -0.15) is 0 Å². The highest BCUT2D eigenvalue weighted by molar-refractivity contribution is 5.85. The highest BCUT2D eigenvalue weighted by Crippen LogP contribution is 2.46. The van der Waals surface area contributed by atoms with Gasteiger partial charge >= 0.3 is 0 Å². The lowest BCUT2D eigenvalue weighted by Gasteiger charge is -2.21. The number of rotatable bonds is 2. The maximum atomic E-state index is 12.0. The van der Waals surface area contributed by atoms with Crippen LogP contribution in [0, 0.1) is 11.3 Å². The third-order valence-corrected chi connectivity index (χ3v) is 3.41. The van der Waals surface area contributed by atoms with Crippen molar-refractivity contribution in [3.63, 3.8) is 0 Å². The first-order valence-corrected chi connectivity index (χ1v) is 5.17. The lowest BCUT2D eigenvalue weighted by molar-refractivity contribution is -0.135. The Labute approximate surface area is 79.3 Å². The van der Waals surface area contributed by atoms with Gasteiger partial charge in [-0.3, -0.25) is 4.79 Å². The van der Waals surface area contributed by atoms with E-state index in [0.29, 0.717) is 18.4 Å². The summed E-state index contributed by atoms with van der Waals surface area (Å²) < 4.78 is 0. The Morgan fingerprint density at radius 2 is 2.31 bits per heavy atom. The van der Waals surface area contributed by atoms with Gasteiger partial charge in [0, 0.05) is 19.6 Å². The Bertz CT molecular complexity index is 223. The second-order valence-electron chi connectivity index (χ2n) is 4.63. The van der Waals surface area contributed by atoms with Gasteiger partial charge in [0.1, 0.15) is 0 Å². The fraction of sp³-hybridized carbons (Fsp3) is 0.900. The summed E-state index contributed by atoms with van der Waals surface area (Å²) in [6, 6.07) is 0. The van der Waals surface area contributed by atoms with E-state index in [9.17, 15) is 4.79 Å². The molecule has 1 saturated heterocycles. The molecule has 0 radical (unpaired) electrons. The van der Waals surface area contributed by atoms with Gasteiger partial charge in [-0.15, -0.1) is 0 Å². The van der Waals surface area contributed by atoms with Gasteiger partial charge in [0.25, 0.3) is 0 Å². The topological polar surface area (TPSA) is 46.3 Å². The summed E-state index contributed by atoms with van der Waals surface area (Å²) in [5, 5.41) is 0. The molecule has 13 heavy (non-hydrogen) atoms. The number of hydrogen-bond donors (Lipinski definition) is 1. The third kappa shape index (κ3) is 1.46. The summed E-state index contributed by atoms with van der Waals surface area (Å²) >= 11 is 0. The number of likely N-dealkylation sites (tertiary alicyclic amines) is 1. The van der Waals surface area contributed by atoms with Crippen molar-refractivity contribution in [2.24, 2.45) is 17.1 Å². The van der Waals surface area contributed by atoms with Crippen LogP contribution in [0.1, 0.15) is 26.2 Å². The maximum absolute atomic E-state index is 12.0. The van der Waals surface area contributed by atoms with Crippen molar-refractivity contribution in [2.75, 3.05) is 19.6 Å². The molecule has 2 N–H and O–H groups in total. The molecule has 1 heterocycles. The van der Waals surface area contributed by atoms with Crippen LogP contribution >= 0.6 is 0 Å². The summed E-state index contributed by atoms with van der Waals surface area (Å²) in [6.45, 7) is 4.63. The highest BCUT2D eigenvalue weighted by Gasteiger charge is 2.51. The average Bonchev–Trinajstić information content (AvgIpc) is 2.82. The molecule has 1 unspecified atom stereocenters. The SMILES string of the molecule is CC1CCN(C(=O)C2(CN)CC2)C1. The second kappa shape index (κ2) is 2.98. The first-order chi connectivity index (χ1) is 6.18. The van der Waals surface area contributed by atoms with E-state index in [0.717, 1.165) is 32.4 Å². The molecule has 74 valence electrons. The van der Waals surface area contributed by atoms with Crippen molar-refractivity contribution in [3.05, 3.63) is 0 Å². The Morgan fingerprint density at radius 3 is 2.69 bits per heavy atom. The normalized spacial score (nSPS) is 30.6. The van der Waals surface area contributed by atoms with Gasteiger partial charge in [-0.05, 0) is 25.2 Å². The molecule has 0 spiro atoms. The van der Waals surface area contributed by atoms with Crippen LogP contribution in [0.25, 0.3) is 0 Å². The van der Waals surface area contributed by atoms with Gasteiger partial charge in [-0.1, -0.05) is 6.92 Å². The summed E-state index contributed by atoms with van der Waals surface area (Å²) in [4.78, 5) is 14.0. The van der Waals surface area contributed by atoms with Crippen molar-refractivity contribution in [3.8, 4) is 0 Å². The Hall–Kier alpha value is -0.570. The molecule has 0 aromatic carbocycles. The summed E-state index contributed by atoms with van der Waals surface area (Å²) in [6.07, 6.45) is 3.17. The molecule has 2 aliphatic rings. The molecule has 1 aliphatic carbocycles. The van der Waals surface area contributed by atoms with E-state index in [1.54, 1.807) is 0 Å². The van der Waals surface area contributed by atoms with Crippen molar-refractivity contribution in [1.29, 1.82) is 0 Å². The quantitative estimate of drug-likeness (QED) is 0.679. The minimum absolute atomic E-state index is 0.135. The van der Waals surface area contributed by atoms with E-state index < -0.39 is 0 Å². The molecule has 3 nitrogen and oxygen atoms in total. The van der Waals surface area contributed by atoms with Crippen LogP contribution in [0.2, 0.25) is 0 Å². The van der Waals surface area contributed by atoms with Crippen molar-refractivity contribution >= 4 is 5.91 Å². The van der Waals surface area contributed by atoms with E-state index in [1.165, 1.54) is 0 Å². The number of nitrogens with two attached hydrogens (primary N) is 1. The zero-order valence-corrected chi connectivity index (χ0v) is 8.25. The lowest BCUT2D eigenvalue weighted by atomic mass is 10.1. The largest absolute Gasteiger partial charge is 0.342 e. The van der Waals surface area contributed by atoms with Gasteiger partial charge in [0.15, 0.2) is 0 Å². The van der Waals surface area contributed by atoms with Crippen LogP contribution < -0.4 is 5.73 Å². The molecule has 0 aromatic rings. The van der Waals surface area contributed by atoms with Crippen LogP contribution in [0.4, 0.5) is 0 Å². The number of amides is 1. The monoisotopic (exact) mass is 182 g/mol. The second-order valence-corrected chi connectivity index (χ2v) is 4.63. The van der Waals surface area contributed by atoms with Crippen LogP contribution in [0.5, 0.6) is 0 Å². The molecule has 2 rings (SSSR count). The number of hydrogen-bond acceptors (Lipinski definition) is 2. The summed E-state index contributed by atoms with van der Waals surface area (Å²) in [5.41, 5.74) is 5.49. The standard InChI is InChI=1S/C10H18N2O/c1-8-2-5-12(6-8)9(13)10(7-11)3-4-10/h8H,2-7,11H2,1H3. The van der Waals surface area contributed by atoms with Gasteiger partial charge in [0.05, 0.1) is 5.41 Å². The molecule has 0 bridgehead atoms. The van der Waals surface area contributed by atoms with Crippen molar-refractivity contribution in [1.82, 2.24) is 4.90 Å². The van der Waals surface area contributed by atoms with E-state index in [-0.39, 0.29) is 5.41 Å². The van der Waals surface area contributed by atoms with E-state index in [4.69, 9.17) is 5.73 Å². The molecular weight excluding hydrogens is 164 g/mol. The molecule has 1 atom stereocenters. The average molecular weight is 182 g/mol. The van der Waals surface area contributed by atoms with Crippen LogP contribution in [-0.4, -0.2) is 30.4 Å². The molecule has 1 aliphatic heterocycles. The van der Waals surface area contributed by atoms with Crippen LogP contribution in [0.15, 0.2) is 0 Å². The molecular formula is C10H18N2O. The molecule has 2 fully saturated rings. The van der Waals surface area contributed by atoms with Gasteiger partial charge < -0.3 is 10.6 Å². The predicted molar refractivity (Wildman–Crippen MR) is 51.1 cm³/mol. The molecule has 3 heteroatoms. The van der Waals surface area contributed by atoms with E-state index >= 15 is 0 Å². The van der Waals surface area contributed by atoms with Gasteiger partial charge in [0.2, 0.25) is 5.91 Å². The van der Waals surface area contributed by atoms with Crippen molar-refractivity contribution in [2.45, 2.75) is 26.2 Å². The van der Waals surface area contributed by atoms with Crippen molar-refractivity contribution < 1.29 is 4.79 Å². The third-order valence-electron chi connectivity index (χ3n) is 3.41. The molecule has 0 aromatic heterocycles. The number of carbonyl (C=O) groups excluding carboxylic acids is 1. The summed E-state index contributed by atoms with van der Waals surface area (Å²) in [5.74, 6) is 0.997. The predicted octanol–water partition coefficient (Wildman–Crippen LogP) is 0.594. The van der Waals surface area contributed by atoms with E-state index in [2.05, 4.69) is 6.92 Å². The number of nitrogens with zero attached hydrogens (tertiary/aromatic N) is 1. The smallest absolute Gasteiger partial charge is 0.230 e.